The molecule has 1 N–H and O–H groups in total. The standard InChI is InChI=1S/C16H17NO2/c1-12-3-5-13(6-4-12)11-19-15-9-7-14(8-10-15)16(17)18-2/h3-10,17H,11H2,1-2H3. The van der Waals surface area contributed by atoms with Crippen LogP contribution < -0.4 is 4.74 Å². The molecule has 0 aliphatic heterocycles. The molecule has 0 spiro atoms. The molecule has 19 heavy (non-hydrogen) atoms. The molecule has 0 aliphatic rings. The summed E-state index contributed by atoms with van der Waals surface area (Å²) >= 11 is 0. The Kier molecular flexibility index (Phi) is 4.18. The van der Waals surface area contributed by atoms with Crippen LogP contribution in [0.1, 0.15) is 16.7 Å². The van der Waals surface area contributed by atoms with Crippen LogP contribution >= 0.6 is 0 Å². The second kappa shape index (κ2) is 6.05. The van der Waals surface area contributed by atoms with E-state index in [-0.39, 0.29) is 5.90 Å². The molecule has 3 heteroatoms. The lowest BCUT2D eigenvalue weighted by Gasteiger charge is -2.08. The molecule has 0 unspecified atom stereocenters. The highest BCUT2D eigenvalue weighted by Crippen LogP contribution is 2.15. The average molecular weight is 255 g/mol. The SMILES string of the molecule is COC(=N)c1ccc(OCc2ccc(C)cc2)cc1. The van der Waals surface area contributed by atoms with Crippen molar-refractivity contribution in [3.63, 3.8) is 0 Å². The first-order valence-electron chi connectivity index (χ1n) is 6.10. The van der Waals surface area contributed by atoms with Gasteiger partial charge in [0.2, 0.25) is 5.90 Å². The molecular weight excluding hydrogens is 238 g/mol. The summed E-state index contributed by atoms with van der Waals surface area (Å²) in [7, 11) is 1.49. The lowest BCUT2D eigenvalue weighted by molar-refractivity contribution is 0.306. The monoisotopic (exact) mass is 255 g/mol. The molecule has 0 bridgehead atoms. The number of nitrogens with one attached hydrogen (secondary N) is 1. The third-order valence-corrected chi connectivity index (χ3v) is 2.85. The van der Waals surface area contributed by atoms with Crippen LogP contribution in [0.15, 0.2) is 48.5 Å². The van der Waals surface area contributed by atoms with Crippen molar-refractivity contribution < 1.29 is 9.47 Å². The quantitative estimate of drug-likeness (QED) is 0.670. The maximum absolute atomic E-state index is 7.54. The maximum atomic E-state index is 7.54. The number of hydrogen-bond donors (Lipinski definition) is 1. The van der Waals surface area contributed by atoms with Crippen LogP contribution in [-0.4, -0.2) is 13.0 Å². The second-order valence-corrected chi connectivity index (χ2v) is 4.33. The van der Waals surface area contributed by atoms with E-state index in [2.05, 4.69) is 31.2 Å². The zero-order valence-electron chi connectivity index (χ0n) is 11.1. The van der Waals surface area contributed by atoms with Crippen molar-refractivity contribution in [3.05, 3.63) is 65.2 Å². The summed E-state index contributed by atoms with van der Waals surface area (Å²) in [5.74, 6) is 0.943. The van der Waals surface area contributed by atoms with Gasteiger partial charge in [0, 0.05) is 5.56 Å². The predicted octanol–water partition coefficient (Wildman–Crippen LogP) is 3.55. The zero-order chi connectivity index (χ0) is 13.7. The van der Waals surface area contributed by atoms with E-state index in [0.717, 1.165) is 16.9 Å². The Bertz CT molecular complexity index is 544. The minimum absolute atomic E-state index is 0.157. The molecule has 0 saturated heterocycles. The van der Waals surface area contributed by atoms with E-state index in [0.29, 0.717) is 6.61 Å². The Balaban J connectivity index is 1.96. The second-order valence-electron chi connectivity index (χ2n) is 4.33. The van der Waals surface area contributed by atoms with Crippen molar-refractivity contribution in [2.75, 3.05) is 7.11 Å². The van der Waals surface area contributed by atoms with Gasteiger partial charge in [0.15, 0.2) is 0 Å². The van der Waals surface area contributed by atoms with Crippen LogP contribution in [-0.2, 0) is 11.3 Å². The summed E-state index contributed by atoms with van der Waals surface area (Å²) in [4.78, 5) is 0. The van der Waals surface area contributed by atoms with E-state index in [9.17, 15) is 0 Å². The number of hydrogen-bond acceptors (Lipinski definition) is 3. The number of rotatable bonds is 4. The molecule has 2 aromatic rings. The highest BCUT2D eigenvalue weighted by atomic mass is 16.5. The molecule has 0 radical (unpaired) electrons. The van der Waals surface area contributed by atoms with Gasteiger partial charge in [-0.15, -0.1) is 0 Å². The highest BCUT2D eigenvalue weighted by Gasteiger charge is 2.01. The van der Waals surface area contributed by atoms with Gasteiger partial charge >= 0.3 is 0 Å². The Morgan fingerprint density at radius 1 is 1.00 bits per heavy atom. The van der Waals surface area contributed by atoms with E-state index < -0.39 is 0 Å². The van der Waals surface area contributed by atoms with Crippen molar-refractivity contribution in [2.24, 2.45) is 0 Å². The van der Waals surface area contributed by atoms with Gasteiger partial charge in [0.05, 0.1) is 7.11 Å². The Morgan fingerprint density at radius 2 is 1.63 bits per heavy atom. The molecule has 2 aromatic carbocycles. The summed E-state index contributed by atoms with van der Waals surface area (Å²) < 4.78 is 10.5. The fraction of sp³-hybridized carbons (Fsp3) is 0.188. The van der Waals surface area contributed by atoms with E-state index in [4.69, 9.17) is 14.9 Å². The van der Waals surface area contributed by atoms with E-state index in [1.165, 1.54) is 12.7 Å². The van der Waals surface area contributed by atoms with Crippen molar-refractivity contribution in [2.45, 2.75) is 13.5 Å². The van der Waals surface area contributed by atoms with Crippen molar-refractivity contribution in [1.82, 2.24) is 0 Å². The number of benzene rings is 2. The van der Waals surface area contributed by atoms with Gasteiger partial charge in [-0.25, -0.2) is 0 Å². The smallest absolute Gasteiger partial charge is 0.212 e. The number of methoxy groups -OCH3 is 1. The Hall–Kier alpha value is -2.29. The molecule has 3 nitrogen and oxygen atoms in total. The van der Waals surface area contributed by atoms with Gasteiger partial charge in [-0.3, -0.25) is 5.41 Å². The maximum Gasteiger partial charge on any atom is 0.212 e. The Morgan fingerprint density at radius 3 is 2.21 bits per heavy atom. The fourth-order valence-corrected chi connectivity index (χ4v) is 1.67. The first-order valence-corrected chi connectivity index (χ1v) is 6.10. The molecule has 0 heterocycles. The van der Waals surface area contributed by atoms with E-state index in [1.54, 1.807) is 0 Å². The minimum atomic E-state index is 0.157. The predicted molar refractivity (Wildman–Crippen MR) is 75.8 cm³/mol. The van der Waals surface area contributed by atoms with Crippen LogP contribution in [0.3, 0.4) is 0 Å². The highest BCUT2D eigenvalue weighted by molar-refractivity contribution is 5.91. The summed E-state index contributed by atoms with van der Waals surface area (Å²) in [6, 6.07) is 15.6. The van der Waals surface area contributed by atoms with Gasteiger partial charge in [-0.2, -0.15) is 0 Å². The third kappa shape index (κ3) is 3.58. The topological polar surface area (TPSA) is 42.3 Å². The summed E-state index contributed by atoms with van der Waals surface area (Å²) in [6.45, 7) is 2.61. The minimum Gasteiger partial charge on any atom is -0.489 e. The lowest BCUT2D eigenvalue weighted by atomic mass is 10.2. The number of aryl methyl sites for hydroxylation is 1. The third-order valence-electron chi connectivity index (χ3n) is 2.85. The van der Waals surface area contributed by atoms with E-state index in [1.807, 2.05) is 24.3 Å². The Labute approximate surface area is 113 Å². The molecule has 0 fully saturated rings. The normalized spacial score (nSPS) is 10.0. The molecule has 0 saturated carbocycles. The summed E-state index contributed by atoms with van der Waals surface area (Å²) in [5.41, 5.74) is 3.12. The van der Waals surface area contributed by atoms with Crippen molar-refractivity contribution >= 4 is 5.90 Å². The zero-order valence-corrected chi connectivity index (χ0v) is 11.1. The van der Waals surface area contributed by atoms with Crippen molar-refractivity contribution in [3.8, 4) is 5.75 Å². The van der Waals surface area contributed by atoms with Crippen LogP contribution in [0, 0.1) is 12.3 Å². The van der Waals surface area contributed by atoms with Gasteiger partial charge < -0.3 is 9.47 Å². The van der Waals surface area contributed by atoms with Crippen molar-refractivity contribution in [1.29, 1.82) is 5.41 Å². The summed E-state index contributed by atoms with van der Waals surface area (Å²) in [5, 5.41) is 7.54. The van der Waals surface area contributed by atoms with Crippen LogP contribution in [0.25, 0.3) is 0 Å². The lowest BCUT2D eigenvalue weighted by Crippen LogP contribution is -2.01. The van der Waals surface area contributed by atoms with Gasteiger partial charge in [0.1, 0.15) is 12.4 Å². The molecule has 98 valence electrons. The van der Waals surface area contributed by atoms with Crippen LogP contribution in [0.2, 0.25) is 0 Å². The van der Waals surface area contributed by atoms with Crippen LogP contribution in [0.5, 0.6) is 5.75 Å². The molecule has 2 rings (SSSR count). The largest absolute Gasteiger partial charge is 0.489 e. The van der Waals surface area contributed by atoms with Gasteiger partial charge in [-0.1, -0.05) is 29.8 Å². The molecule has 0 amide bonds. The first kappa shape index (κ1) is 13.1. The van der Waals surface area contributed by atoms with Gasteiger partial charge in [0.25, 0.3) is 0 Å². The average Bonchev–Trinajstić information content (AvgIpc) is 2.46. The van der Waals surface area contributed by atoms with Crippen LogP contribution in [0.4, 0.5) is 0 Å². The molecule has 0 aliphatic carbocycles. The van der Waals surface area contributed by atoms with Gasteiger partial charge in [-0.05, 0) is 36.8 Å². The fourth-order valence-electron chi connectivity index (χ4n) is 1.67. The summed E-state index contributed by atoms with van der Waals surface area (Å²) in [6.07, 6.45) is 0. The number of ether oxygens (including phenoxy) is 2. The molecule has 0 aromatic heterocycles. The van der Waals surface area contributed by atoms with E-state index >= 15 is 0 Å². The molecule has 0 atom stereocenters. The first-order chi connectivity index (χ1) is 9.19. The molecular formula is C16H17NO2.